The second-order valence-corrected chi connectivity index (χ2v) is 9.31. The summed E-state index contributed by atoms with van der Waals surface area (Å²) >= 11 is 0. The Bertz CT molecular complexity index is 423. The minimum Gasteiger partial charge on any atom is -0.335 e. The fourth-order valence-electron chi connectivity index (χ4n) is 2.02. The second-order valence-electron chi connectivity index (χ2n) is 5.24. The van der Waals surface area contributed by atoms with Crippen LogP contribution in [0.1, 0.15) is 0 Å². The number of carbonyl (C=O) groups excluding carboxylic acids is 2. The lowest BCUT2D eigenvalue weighted by atomic mass is 10.6. The maximum Gasteiger partial charge on any atom is 0.311 e. The zero-order valence-electron chi connectivity index (χ0n) is 14.2. The number of urea groups is 2. The van der Waals surface area contributed by atoms with Gasteiger partial charge < -0.3 is 19.8 Å². The van der Waals surface area contributed by atoms with Crippen LogP contribution in [0.5, 0.6) is 0 Å². The highest BCUT2D eigenvalue weighted by atomic mass is 28.3. The van der Waals surface area contributed by atoms with Crippen LogP contribution in [0, 0.1) is 0 Å². The average molecular weight is 337 g/mol. The van der Waals surface area contributed by atoms with Gasteiger partial charge in [0.25, 0.3) is 8.40 Å². The van der Waals surface area contributed by atoms with E-state index in [1.807, 2.05) is 13.1 Å². The van der Waals surface area contributed by atoms with Crippen molar-refractivity contribution in [3.8, 4) is 0 Å². The van der Waals surface area contributed by atoms with Crippen LogP contribution in [-0.4, -0.2) is 55.8 Å². The van der Waals surface area contributed by atoms with Crippen molar-refractivity contribution in [1.29, 1.82) is 0 Å². The molecule has 2 N–H and O–H groups in total. The molecule has 0 unspecified atom stereocenters. The van der Waals surface area contributed by atoms with E-state index in [1.54, 1.807) is 33.4 Å². The number of hydrogen-bond acceptors (Lipinski definition) is 2. The van der Waals surface area contributed by atoms with Gasteiger partial charge in [0, 0.05) is 26.2 Å². The molecule has 0 aromatic carbocycles. The van der Waals surface area contributed by atoms with Crippen LogP contribution in [0.3, 0.4) is 0 Å². The number of nitrogens with zero attached hydrogens (tertiary/aromatic N) is 2. The first-order chi connectivity index (χ1) is 10.9. The second kappa shape index (κ2) is 10.4. The van der Waals surface area contributed by atoms with Gasteiger partial charge in [0.05, 0.1) is 0 Å². The van der Waals surface area contributed by atoms with Gasteiger partial charge in [-0.25, -0.2) is 9.59 Å². The summed E-state index contributed by atoms with van der Waals surface area (Å²) in [5.41, 5.74) is 0. The smallest absolute Gasteiger partial charge is 0.311 e. The van der Waals surface area contributed by atoms with E-state index in [4.69, 9.17) is 0 Å². The largest absolute Gasteiger partial charge is 0.335 e. The normalized spacial score (nSPS) is 10.2. The zero-order chi connectivity index (χ0) is 17.9. The quantitative estimate of drug-likeness (QED) is 0.475. The topological polar surface area (TPSA) is 64.7 Å². The molecule has 0 saturated carbocycles. The van der Waals surface area contributed by atoms with Gasteiger partial charge in [-0.05, 0) is 13.1 Å². The maximum atomic E-state index is 12.4. The van der Waals surface area contributed by atoms with Crippen LogP contribution >= 0.6 is 0 Å². The molecule has 0 heterocycles. The summed E-state index contributed by atoms with van der Waals surface area (Å²) in [4.78, 5) is 24.9. The predicted molar refractivity (Wildman–Crippen MR) is 98.5 cm³/mol. The molecule has 0 bridgehead atoms. The first-order valence-electron chi connectivity index (χ1n) is 7.41. The highest BCUT2D eigenvalue weighted by molar-refractivity contribution is 6.76. The third kappa shape index (κ3) is 6.15. The number of rotatable bonds is 10. The van der Waals surface area contributed by atoms with Gasteiger partial charge in [-0.15, -0.1) is 26.3 Å². The summed E-state index contributed by atoms with van der Waals surface area (Å²) < 4.78 is 3.33. The molecular weight excluding hydrogens is 308 g/mol. The van der Waals surface area contributed by atoms with Crippen LogP contribution in [0.25, 0.3) is 0 Å². The van der Waals surface area contributed by atoms with Crippen molar-refractivity contribution < 1.29 is 9.59 Å². The first-order valence-corrected chi connectivity index (χ1v) is 10.3. The third-order valence-corrected chi connectivity index (χ3v) is 6.64. The molecule has 7 heteroatoms. The minimum absolute atomic E-state index is 0.243. The maximum absolute atomic E-state index is 12.4. The Morgan fingerprint density at radius 2 is 1.17 bits per heavy atom. The van der Waals surface area contributed by atoms with Gasteiger partial charge in [0.1, 0.15) is 0 Å². The van der Waals surface area contributed by atoms with Gasteiger partial charge in [0.2, 0.25) is 0 Å². The van der Waals surface area contributed by atoms with Crippen LogP contribution in [0.4, 0.5) is 9.59 Å². The summed E-state index contributed by atoms with van der Waals surface area (Å²) in [6.07, 6.45) is 6.51. The summed E-state index contributed by atoms with van der Waals surface area (Å²) in [5.74, 6) is 0. The van der Waals surface area contributed by atoms with Crippen LogP contribution in [0.2, 0.25) is 13.1 Å². The summed E-state index contributed by atoms with van der Waals surface area (Å²) in [7, 11) is -2.60. The van der Waals surface area contributed by atoms with Gasteiger partial charge in [0.15, 0.2) is 0 Å². The van der Waals surface area contributed by atoms with Crippen molar-refractivity contribution in [1.82, 2.24) is 19.8 Å². The monoisotopic (exact) mass is 336 g/mol. The molecule has 0 aromatic rings. The van der Waals surface area contributed by atoms with E-state index in [0.717, 1.165) is 0 Å². The SMILES string of the molecule is C=CCNC(=O)N(CC=C)[Si](C)(C)N(CC=C)C(=O)NCC=C. The lowest BCUT2D eigenvalue weighted by Gasteiger charge is -2.43. The Kier molecular flexibility index (Phi) is 9.41. The molecule has 0 rings (SSSR count). The molecule has 0 saturated heterocycles. The summed E-state index contributed by atoms with van der Waals surface area (Å²) in [6, 6.07) is -0.487. The molecule has 6 nitrogen and oxygen atoms in total. The van der Waals surface area contributed by atoms with E-state index in [0.29, 0.717) is 26.2 Å². The highest BCUT2D eigenvalue weighted by Crippen LogP contribution is 2.17. The Balaban J connectivity index is 5.46. The predicted octanol–water partition coefficient (Wildman–Crippen LogP) is 2.46. The molecule has 0 aliphatic carbocycles. The molecule has 4 amide bonds. The number of amides is 4. The molecule has 0 spiro atoms. The molecule has 0 aromatic heterocycles. The highest BCUT2D eigenvalue weighted by Gasteiger charge is 2.41. The van der Waals surface area contributed by atoms with E-state index in [9.17, 15) is 9.59 Å². The Morgan fingerprint density at radius 3 is 1.43 bits per heavy atom. The molecule has 0 atom stereocenters. The van der Waals surface area contributed by atoms with Gasteiger partial charge in [-0.2, -0.15) is 0 Å². The number of carbonyl (C=O) groups is 2. The van der Waals surface area contributed by atoms with Crippen LogP contribution in [-0.2, 0) is 0 Å². The van der Waals surface area contributed by atoms with E-state index in [2.05, 4.69) is 36.9 Å². The fraction of sp³-hybridized carbons (Fsp3) is 0.375. The molecule has 0 radical (unpaired) electrons. The van der Waals surface area contributed by atoms with Gasteiger partial charge in [-0.1, -0.05) is 24.3 Å². The van der Waals surface area contributed by atoms with Crippen molar-refractivity contribution in [2.24, 2.45) is 0 Å². The lowest BCUT2D eigenvalue weighted by molar-refractivity contribution is 0.213. The van der Waals surface area contributed by atoms with Crippen LogP contribution < -0.4 is 10.6 Å². The average Bonchev–Trinajstić information content (AvgIpc) is 2.52. The van der Waals surface area contributed by atoms with Crippen molar-refractivity contribution in [3.63, 3.8) is 0 Å². The molecule has 0 aliphatic heterocycles. The standard InChI is InChI=1S/C16H28N4O2Si/c1-7-11-17-15(21)19(13-9-3)23(5,6)20(14-10-4)16(22)18-12-8-2/h7-10H,1-4,11-14H2,5-6H3,(H,17,21)(H,18,22). The zero-order valence-corrected chi connectivity index (χ0v) is 15.2. The van der Waals surface area contributed by atoms with Crippen molar-refractivity contribution in [3.05, 3.63) is 50.6 Å². The van der Waals surface area contributed by atoms with E-state index < -0.39 is 8.40 Å². The molecular formula is C16H28N4O2Si. The van der Waals surface area contributed by atoms with Crippen molar-refractivity contribution >= 4 is 20.5 Å². The van der Waals surface area contributed by atoms with Crippen LogP contribution in [0.15, 0.2) is 50.6 Å². The summed E-state index contributed by atoms with van der Waals surface area (Å²) in [5, 5.41) is 5.52. The molecule has 0 fully saturated rings. The fourth-order valence-corrected chi connectivity index (χ4v) is 4.62. The van der Waals surface area contributed by atoms with E-state index >= 15 is 0 Å². The van der Waals surface area contributed by atoms with Gasteiger partial charge in [-0.3, -0.25) is 0 Å². The molecule has 23 heavy (non-hydrogen) atoms. The summed E-state index contributed by atoms with van der Waals surface area (Å²) in [6.45, 7) is 19.9. The van der Waals surface area contributed by atoms with E-state index in [-0.39, 0.29) is 12.1 Å². The Hall–Kier alpha value is -2.28. The molecule has 0 aliphatic rings. The van der Waals surface area contributed by atoms with Gasteiger partial charge >= 0.3 is 12.1 Å². The van der Waals surface area contributed by atoms with Crippen molar-refractivity contribution in [2.75, 3.05) is 26.2 Å². The molecule has 128 valence electrons. The minimum atomic E-state index is -2.60. The number of hydrogen-bond donors (Lipinski definition) is 2. The van der Waals surface area contributed by atoms with Crippen molar-refractivity contribution in [2.45, 2.75) is 13.1 Å². The first kappa shape index (κ1) is 20.7. The third-order valence-electron chi connectivity index (χ3n) is 3.23. The van der Waals surface area contributed by atoms with E-state index in [1.165, 1.54) is 0 Å². The number of nitrogens with one attached hydrogen (secondary N) is 2. The Labute approximate surface area is 140 Å². The Morgan fingerprint density at radius 1 is 0.826 bits per heavy atom. The lowest BCUT2D eigenvalue weighted by Crippen LogP contribution is -2.68.